The summed E-state index contributed by atoms with van der Waals surface area (Å²) in [5, 5.41) is 3.50. The van der Waals surface area contributed by atoms with Crippen LogP contribution in [0.25, 0.3) is 0 Å². The number of nitrogens with zero attached hydrogens (tertiary/aromatic N) is 3. The summed E-state index contributed by atoms with van der Waals surface area (Å²) in [6, 6.07) is 0. The number of anilines is 1. The van der Waals surface area contributed by atoms with E-state index >= 15 is 0 Å². The lowest BCUT2D eigenvalue weighted by Gasteiger charge is -2.19. The number of aryl methyl sites for hydroxylation is 2. The lowest BCUT2D eigenvalue weighted by Crippen LogP contribution is -2.28. The van der Waals surface area contributed by atoms with Crippen LogP contribution in [-0.2, 0) is 13.0 Å². The number of imidazole rings is 1. The average Bonchev–Trinajstić information content (AvgIpc) is 3.00. The van der Waals surface area contributed by atoms with Gasteiger partial charge in [-0.2, -0.15) is 0 Å². The van der Waals surface area contributed by atoms with E-state index in [1.54, 1.807) is 0 Å². The summed E-state index contributed by atoms with van der Waals surface area (Å²) in [4.78, 5) is 7.33. The first kappa shape index (κ1) is 12.0. The van der Waals surface area contributed by atoms with Crippen LogP contribution < -0.4 is 10.2 Å². The maximum atomic E-state index is 4.83. The average molecular weight is 248 g/mol. The molecule has 18 heavy (non-hydrogen) atoms. The van der Waals surface area contributed by atoms with E-state index in [-0.39, 0.29) is 0 Å². The minimum atomic E-state index is 0.835. The molecular weight excluding hydrogens is 224 g/mol. The smallest absolute Gasteiger partial charge is 0.205 e. The van der Waals surface area contributed by atoms with Gasteiger partial charge in [-0.05, 0) is 24.7 Å². The quantitative estimate of drug-likeness (QED) is 0.877. The highest BCUT2D eigenvalue weighted by Gasteiger charge is 2.37. The predicted octanol–water partition coefficient (Wildman–Crippen LogP) is 1.51. The number of hydrogen-bond donors (Lipinski definition) is 1. The molecule has 0 spiro atoms. The number of hydrogen-bond acceptors (Lipinski definition) is 3. The molecule has 0 bridgehead atoms. The number of rotatable bonds is 4. The second-order valence-corrected chi connectivity index (χ2v) is 5.66. The van der Waals surface area contributed by atoms with Gasteiger partial charge >= 0.3 is 0 Å². The van der Waals surface area contributed by atoms with E-state index < -0.39 is 0 Å². The first-order valence-corrected chi connectivity index (χ1v) is 7.33. The fourth-order valence-corrected chi connectivity index (χ4v) is 3.31. The summed E-state index contributed by atoms with van der Waals surface area (Å²) in [5.74, 6) is 2.88. The molecule has 0 aliphatic carbocycles. The molecule has 0 amide bonds. The van der Waals surface area contributed by atoms with Gasteiger partial charge in [0.2, 0.25) is 5.95 Å². The molecule has 2 aliphatic heterocycles. The van der Waals surface area contributed by atoms with Crippen molar-refractivity contribution in [1.29, 1.82) is 0 Å². The zero-order chi connectivity index (χ0) is 12.5. The van der Waals surface area contributed by atoms with Gasteiger partial charge in [0.1, 0.15) is 0 Å². The largest absolute Gasteiger partial charge is 0.342 e. The van der Waals surface area contributed by atoms with E-state index in [4.69, 9.17) is 4.98 Å². The molecule has 2 saturated heterocycles. The van der Waals surface area contributed by atoms with Gasteiger partial charge < -0.3 is 14.8 Å². The van der Waals surface area contributed by atoms with Gasteiger partial charge in [-0.3, -0.25) is 0 Å². The second-order valence-electron chi connectivity index (χ2n) is 5.66. The molecule has 100 valence electrons. The van der Waals surface area contributed by atoms with Gasteiger partial charge in [0, 0.05) is 38.9 Å². The first-order chi connectivity index (χ1) is 8.81. The lowest BCUT2D eigenvalue weighted by molar-refractivity contribution is 0.533. The van der Waals surface area contributed by atoms with Crippen LogP contribution in [-0.4, -0.2) is 35.7 Å². The Balaban J connectivity index is 1.80. The van der Waals surface area contributed by atoms with Crippen LogP contribution >= 0.6 is 0 Å². The van der Waals surface area contributed by atoms with Crippen molar-refractivity contribution >= 4 is 5.95 Å². The molecule has 0 radical (unpaired) electrons. The van der Waals surface area contributed by atoms with Crippen molar-refractivity contribution in [1.82, 2.24) is 14.9 Å². The molecule has 4 nitrogen and oxygen atoms in total. The molecule has 2 fully saturated rings. The zero-order valence-corrected chi connectivity index (χ0v) is 11.5. The molecule has 2 aliphatic rings. The number of nitrogens with one attached hydrogen (secondary N) is 1. The Morgan fingerprint density at radius 1 is 1.28 bits per heavy atom. The predicted molar refractivity (Wildman–Crippen MR) is 74.0 cm³/mol. The third kappa shape index (κ3) is 2.03. The van der Waals surface area contributed by atoms with Crippen molar-refractivity contribution in [3.8, 4) is 0 Å². The Bertz CT molecular complexity index is 400. The van der Waals surface area contributed by atoms with Crippen LogP contribution in [0, 0.1) is 11.8 Å². The Labute approximate surface area is 109 Å². The molecule has 1 aromatic rings. The molecule has 1 N–H and O–H groups in total. The number of aromatic nitrogens is 2. The molecule has 1 aromatic heterocycles. The summed E-state index contributed by atoms with van der Waals surface area (Å²) in [6.07, 6.45) is 4.45. The summed E-state index contributed by atoms with van der Waals surface area (Å²) in [5.41, 5.74) is 1.23. The maximum Gasteiger partial charge on any atom is 0.205 e. The van der Waals surface area contributed by atoms with Crippen molar-refractivity contribution in [3.63, 3.8) is 0 Å². The monoisotopic (exact) mass is 248 g/mol. The van der Waals surface area contributed by atoms with E-state index in [1.165, 1.54) is 44.2 Å². The molecule has 0 unspecified atom stereocenters. The molecule has 0 aromatic carbocycles. The third-order valence-corrected chi connectivity index (χ3v) is 4.30. The van der Waals surface area contributed by atoms with E-state index in [1.807, 2.05) is 0 Å². The van der Waals surface area contributed by atoms with E-state index in [0.717, 1.165) is 24.8 Å². The molecule has 3 heterocycles. The minimum absolute atomic E-state index is 0.835. The van der Waals surface area contributed by atoms with Crippen LogP contribution in [0.4, 0.5) is 5.95 Å². The second kappa shape index (κ2) is 4.92. The zero-order valence-electron chi connectivity index (χ0n) is 11.5. The Kier molecular flexibility index (Phi) is 3.29. The van der Waals surface area contributed by atoms with Crippen LogP contribution in [0.1, 0.15) is 26.0 Å². The first-order valence-electron chi connectivity index (χ1n) is 7.33. The van der Waals surface area contributed by atoms with Gasteiger partial charge in [-0.25, -0.2) is 4.98 Å². The van der Waals surface area contributed by atoms with Crippen molar-refractivity contribution in [2.75, 3.05) is 31.1 Å². The van der Waals surface area contributed by atoms with Gasteiger partial charge in [-0.1, -0.05) is 13.8 Å². The molecule has 0 saturated carbocycles. The number of fused-ring (bicyclic) bond motifs is 1. The topological polar surface area (TPSA) is 33.1 Å². The van der Waals surface area contributed by atoms with Crippen LogP contribution in [0.5, 0.6) is 0 Å². The lowest BCUT2D eigenvalue weighted by atomic mass is 10.0. The maximum absolute atomic E-state index is 4.83. The summed E-state index contributed by atoms with van der Waals surface area (Å²) < 4.78 is 2.35. The van der Waals surface area contributed by atoms with E-state index in [0.29, 0.717) is 0 Å². The van der Waals surface area contributed by atoms with Gasteiger partial charge in [0.05, 0.1) is 5.69 Å². The van der Waals surface area contributed by atoms with Crippen LogP contribution in [0.3, 0.4) is 0 Å². The molecule has 3 rings (SSSR count). The molecule has 2 atom stereocenters. The summed E-state index contributed by atoms with van der Waals surface area (Å²) >= 11 is 0. The van der Waals surface area contributed by atoms with Crippen LogP contribution in [0.2, 0.25) is 0 Å². The highest BCUT2D eigenvalue weighted by molar-refractivity contribution is 5.36. The van der Waals surface area contributed by atoms with E-state index in [9.17, 15) is 0 Å². The normalized spacial score (nSPS) is 26.9. The standard InChI is InChI=1S/C14H24N4/c1-3-5-17-10-13(4-2)16-14(17)18-8-11-6-15-7-12(11)9-18/h10-12,15H,3-9H2,1-2H3/t11-,12+. The minimum Gasteiger partial charge on any atom is -0.342 e. The van der Waals surface area contributed by atoms with Crippen molar-refractivity contribution in [3.05, 3.63) is 11.9 Å². The van der Waals surface area contributed by atoms with Crippen molar-refractivity contribution < 1.29 is 0 Å². The Hall–Kier alpha value is -1.03. The van der Waals surface area contributed by atoms with Gasteiger partial charge in [0.15, 0.2) is 0 Å². The van der Waals surface area contributed by atoms with Gasteiger partial charge in [-0.15, -0.1) is 0 Å². The fourth-order valence-electron chi connectivity index (χ4n) is 3.31. The fraction of sp³-hybridized carbons (Fsp3) is 0.786. The SMILES string of the molecule is CCCn1cc(CC)nc1N1C[C@H]2CNC[C@H]2C1. The van der Waals surface area contributed by atoms with E-state index in [2.05, 4.69) is 34.8 Å². The Morgan fingerprint density at radius 2 is 2.00 bits per heavy atom. The van der Waals surface area contributed by atoms with Gasteiger partial charge in [0.25, 0.3) is 0 Å². The molecule has 4 heteroatoms. The van der Waals surface area contributed by atoms with Crippen LogP contribution in [0.15, 0.2) is 6.20 Å². The summed E-state index contributed by atoms with van der Waals surface area (Å²) in [7, 11) is 0. The highest BCUT2D eigenvalue weighted by atomic mass is 15.3. The highest BCUT2D eigenvalue weighted by Crippen LogP contribution is 2.30. The summed E-state index contributed by atoms with van der Waals surface area (Å²) in [6.45, 7) is 10.3. The van der Waals surface area contributed by atoms with Crippen molar-refractivity contribution in [2.24, 2.45) is 11.8 Å². The van der Waals surface area contributed by atoms with Crippen molar-refractivity contribution in [2.45, 2.75) is 33.2 Å². The molecular formula is C14H24N4. The Morgan fingerprint density at radius 3 is 2.61 bits per heavy atom. The third-order valence-electron chi connectivity index (χ3n) is 4.30.